The normalized spacial score (nSPS) is 11.8. The summed E-state index contributed by atoms with van der Waals surface area (Å²) in [7, 11) is -3.32. The molecule has 0 atom stereocenters. The minimum Gasteiger partial charge on any atom is -0.444 e. The first-order valence-corrected chi connectivity index (χ1v) is 8.67. The third-order valence-electron chi connectivity index (χ3n) is 3.13. The van der Waals surface area contributed by atoms with Crippen molar-refractivity contribution in [1.82, 2.24) is 10.3 Å². The molecule has 21 heavy (non-hydrogen) atoms. The van der Waals surface area contributed by atoms with Crippen LogP contribution in [0, 0.1) is 13.8 Å². The maximum absolute atomic E-state index is 11.8. The number of hydrogen-bond acceptors (Lipinski definition) is 5. The molecule has 0 fully saturated rings. The van der Waals surface area contributed by atoms with Crippen LogP contribution in [0.4, 0.5) is 0 Å². The van der Waals surface area contributed by atoms with E-state index in [9.17, 15) is 8.42 Å². The number of sulfone groups is 1. The average molecular weight is 329 g/mol. The van der Waals surface area contributed by atoms with Crippen LogP contribution in [0.5, 0.6) is 0 Å². The summed E-state index contributed by atoms with van der Waals surface area (Å²) in [5.74, 6) is 1.35. The lowest BCUT2D eigenvalue weighted by atomic mass is 10.2. The Balaban J connectivity index is 2.13. The number of aromatic nitrogens is 1. The Hall–Kier alpha value is -1.37. The molecule has 0 unspecified atom stereocenters. The van der Waals surface area contributed by atoms with Gasteiger partial charge in [0.25, 0.3) is 0 Å². The molecule has 2 aromatic rings. The lowest BCUT2D eigenvalue weighted by Crippen LogP contribution is -2.16. The molecule has 0 radical (unpaired) electrons. The van der Waals surface area contributed by atoms with Crippen LogP contribution < -0.4 is 5.32 Å². The van der Waals surface area contributed by atoms with E-state index in [1.54, 1.807) is 18.2 Å². The van der Waals surface area contributed by atoms with E-state index in [0.29, 0.717) is 29.6 Å². The van der Waals surface area contributed by atoms with Gasteiger partial charge in [0.15, 0.2) is 9.84 Å². The van der Waals surface area contributed by atoms with E-state index in [1.165, 1.54) is 6.26 Å². The van der Waals surface area contributed by atoms with Crippen LogP contribution in [0.3, 0.4) is 0 Å². The van der Waals surface area contributed by atoms with Crippen LogP contribution in [0.2, 0.25) is 5.02 Å². The van der Waals surface area contributed by atoms with E-state index < -0.39 is 9.84 Å². The SMILES string of the molecule is Cc1nc(CNCc2c(Cl)cccc2S(C)(=O)=O)oc1C. The predicted octanol–water partition coefficient (Wildman–Crippen LogP) is 2.64. The largest absolute Gasteiger partial charge is 0.444 e. The minimum atomic E-state index is -3.32. The standard InChI is InChI=1S/C14H17ClN2O3S/c1-9-10(2)20-14(17-9)8-16-7-11-12(15)5-4-6-13(11)21(3,18)19/h4-6,16H,7-8H2,1-3H3. The summed E-state index contributed by atoms with van der Waals surface area (Å²) in [5, 5.41) is 3.53. The average Bonchev–Trinajstić information content (AvgIpc) is 2.69. The molecular formula is C14H17ClN2O3S. The molecule has 1 N–H and O–H groups in total. The van der Waals surface area contributed by atoms with Gasteiger partial charge in [-0.05, 0) is 26.0 Å². The van der Waals surface area contributed by atoms with Gasteiger partial charge in [0.2, 0.25) is 5.89 Å². The summed E-state index contributed by atoms with van der Waals surface area (Å²) in [6.07, 6.45) is 1.17. The second-order valence-corrected chi connectivity index (χ2v) is 7.23. The summed E-state index contributed by atoms with van der Waals surface area (Å²) >= 11 is 6.10. The van der Waals surface area contributed by atoms with Gasteiger partial charge in [-0.15, -0.1) is 0 Å². The fourth-order valence-electron chi connectivity index (χ4n) is 1.97. The van der Waals surface area contributed by atoms with Crippen LogP contribution in [0.25, 0.3) is 0 Å². The van der Waals surface area contributed by atoms with Gasteiger partial charge in [-0.1, -0.05) is 17.7 Å². The summed E-state index contributed by atoms with van der Waals surface area (Å²) in [5.41, 5.74) is 1.41. The number of halogens is 1. The Morgan fingerprint density at radius 3 is 2.57 bits per heavy atom. The zero-order valence-corrected chi connectivity index (χ0v) is 13.7. The quantitative estimate of drug-likeness (QED) is 0.913. The molecule has 1 aromatic carbocycles. The van der Waals surface area contributed by atoms with Gasteiger partial charge in [-0.25, -0.2) is 13.4 Å². The van der Waals surface area contributed by atoms with E-state index in [0.717, 1.165) is 11.5 Å². The van der Waals surface area contributed by atoms with E-state index >= 15 is 0 Å². The molecule has 114 valence electrons. The number of aryl methyl sites for hydroxylation is 2. The second-order valence-electron chi connectivity index (χ2n) is 4.84. The molecule has 0 amide bonds. The fourth-order valence-corrected chi connectivity index (χ4v) is 3.22. The highest BCUT2D eigenvalue weighted by molar-refractivity contribution is 7.90. The molecule has 0 aliphatic heterocycles. The van der Waals surface area contributed by atoms with Crippen LogP contribution in [-0.4, -0.2) is 19.7 Å². The topological polar surface area (TPSA) is 72.2 Å². The summed E-state index contributed by atoms with van der Waals surface area (Å²) in [6, 6.07) is 4.85. The third-order valence-corrected chi connectivity index (χ3v) is 4.66. The monoisotopic (exact) mass is 328 g/mol. The minimum absolute atomic E-state index is 0.238. The maximum atomic E-state index is 11.8. The second kappa shape index (κ2) is 6.17. The molecule has 5 nitrogen and oxygen atoms in total. The zero-order valence-electron chi connectivity index (χ0n) is 12.1. The van der Waals surface area contributed by atoms with Crippen molar-refractivity contribution in [2.45, 2.75) is 31.8 Å². The fraction of sp³-hybridized carbons (Fsp3) is 0.357. The summed E-state index contributed by atoms with van der Waals surface area (Å²) in [4.78, 5) is 4.49. The van der Waals surface area contributed by atoms with Crippen molar-refractivity contribution in [2.24, 2.45) is 0 Å². The number of nitrogens with one attached hydrogen (secondary N) is 1. The lowest BCUT2D eigenvalue weighted by molar-refractivity contribution is 0.448. The maximum Gasteiger partial charge on any atom is 0.208 e. The Labute approximate surface area is 129 Å². The van der Waals surface area contributed by atoms with Gasteiger partial charge in [-0.3, -0.25) is 0 Å². The van der Waals surface area contributed by atoms with Gasteiger partial charge in [0.05, 0.1) is 17.1 Å². The molecule has 0 saturated heterocycles. The molecule has 0 aliphatic carbocycles. The van der Waals surface area contributed by atoms with Crippen molar-refractivity contribution in [3.05, 3.63) is 46.1 Å². The van der Waals surface area contributed by atoms with Gasteiger partial charge >= 0.3 is 0 Å². The highest BCUT2D eigenvalue weighted by Crippen LogP contribution is 2.24. The highest BCUT2D eigenvalue weighted by atomic mass is 35.5. The van der Waals surface area contributed by atoms with E-state index in [4.69, 9.17) is 16.0 Å². The summed E-state index contributed by atoms with van der Waals surface area (Å²) in [6.45, 7) is 4.45. The smallest absolute Gasteiger partial charge is 0.208 e. The van der Waals surface area contributed by atoms with E-state index in [2.05, 4.69) is 10.3 Å². The van der Waals surface area contributed by atoms with Crippen LogP contribution in [0.1, 0.15) is 22.9 Å². The van der Waals surface area contributed by atoms with Crippen molar-refractivity contribution in [3.8, 4) is 0 Å². The molecule has 7 heteroatoms. The van der Waals surface area contributed by atoms with Gasteiger partial charge in [0, 0.05) is 23.4 Å². The Kier molecular flexibility index (Phi) is 4.70. The van der Waals surface area contributed by atoms with E-state index in [1.807, 2.05) is 13.8 Å². The van der Waals surface area contributed by atoms with Crippen LogP contribution >= 0.6 is 11.6 Å². The number of oxazole rings is 1. The highest BCUT2D eigenvalue weighted by Gasteiger charge is 2.15. The van der Waals surface area contributed by atoms with Crippen molar-refractivity contribution in [3.63, 3.8) is 0 Å². The number of rotatable bonds is 5. The molecule has 0 saturated carbocycles. The Bertz CT molecular complexity index is 734. The Morgan fingerprint density at radius 1 is 1.29 bits per heavy atom. The molecule has 2 rings (SSSR count). The number of nitrogens with zero attached hydrogens (tertiary/aromatic N) is 1. The predicted molar refractivity (Wildman–Crippen MR) is 81.1 cm³/mol. The first-order valence-electron chi connectivity index (χ1n) is 6.40. The molecule has 0 spiro atoms. The van der Waals surface area contributed by atoms with Crippen molar-refractivity contribution in [1.29, 1.82) is 0 Å². The first kappa shape index (κ1) is 16.0. The van der Waals surface area contributed by atoms with E-state index in [-0.39, 0.29) is 4.90 Å². The molecule has 1 aromatic heterocycles. The van der Waals surface area contributed by atoms with Crippen molar-refractivity contribution >= 4 is 21.4 Å². The molecule has 0 aliphatic rings. The molecular weight excluding hydrogens is 312 g/mol. The van der Waals surface area contributed by atoms with Gasteiger partial charge < -0.3 is 9.73 Å². The molecule has 0 bridgehead atoms. The summed E-state index contributed by atoms with van der Waals surface area (Å²) < 4.78 is 29.0. The third kappa shape index (κ3) is 3.84. The molecule has 1 heterocycles. The zero-order chi connectivity index (χ0) is 15.6. The Morgan fingerprint density at radius 2 is 2.00 bits per heavy atom. The number of benzene rings is 1. The van der Waals surface area contributed by atoms with Crippen molar-refractivity contribution in [2.75, 3.05) is 6.26 Å². The first-order chi connectivity index (χ1) is 9.79. The van der Waals surface area contributed by atoms with Gasteiger partial charge in [0.1, 0.15) is 5.76 Å². The van der Waals surface area contributed by atoms with Gasteiger partial charge in [-0.2, -0.15) is 0 Å². The van der Waals surface area contributed by atoms with Crippen LogP contribution in [-0.2, 0) is 22.9 Å². The van der Waals surface area contributed by atoms with Crippen molar-refractivity contribution < 1.29 is 12.8 Å². The lowest BCUT2D eigenvalue weighted by Gasteiger charge is -2.10. The number of hydrogen-bond donors (Lipinski definition) is 1. The van der Waals surface area contributed by atoms with Crippen LogP contribution in [0.15, 0.2) is 27.5 Å².